The molecule has 0 spiro atoms. The molecular formula is C11H14FN. The summed E-state index contributed by atoms with van der Waals surface area (Å²) < 4.78 is 13.6. The molecule has 1 aromatic rings. The molecule has 2 rings (SSSR count). The van der Waals surface area contributed by atoms with Crippen LogP contribution in [0.5, 0.6) is 0 Å². The van der Waals surface area contributed by atoms with Gasteiger partial charge in [-0.15, -0.1) is 0 Å². The topological polar surface area (TPSA) is 26.0 Å². The summed E-state index contributed by atoms with van der Waals surface area (Å²) in [5, 5.41) is 0. The summed E-state index contributed by atoms with van der Waals surface area (Å²) in [5.74, 6) is 0. The van der Waals surface area contributed by atoms with Crippen molar-refractivity contribution < 1.29 is 4.39 Å². The van der Waals surface area contributed by atoms with Crippen LogP contribution in [0.2, 0.25) is 0 Å². The lowest BCUT2D eigenvalue weighted by Crippen LogP contribution is -2.27. The van der Waals surface area contributed by atoms with Gasteiger partial charge in [0, 0.05) is 12.1 Å². The summed E-state index contributed by atoms with van der Waals surface area (Å²) in [6.07, 6.45) is 1.96. The molecule has 0 saturated heterocycles. The largest absolute Gasteiger partial charge is 0.399 e. The minimum Gasteiger partial charge on any atom is -0.399 e. The van der Waals surface area contributed by atoms with Crippen LogP contribution in [-0.4, -0.2) is 5.67 Å². The lowest BCUT2D eigenvalue weighted by Gasteiger charge is -2.27. The van der Waals surface area contributed by atoms with Gasteiger partial charge in [-0.25, -0.2) is 4.39 Å². The minimum atomic E-state index is -1.02. The third-order valence-corrected chi connectivity index (χ3v) is 2.70. The van der Waals surface area contributed by atoms with Crippen LogP contribution in [0, 0.1) is 0 Å². The van der Waals surface area contributed by atoms with Crippen LogP contribution in [0.25, 0.3) is 0 Å². The molecule has 1 unspecified atom stereocenters. The van der Waals surface area contributed by atoms with Crippen molar-refractivity contribution in [3.8, 4) is 0 Å². The van der Waals surface area contributed by atoms with Crippen molar-refractivity contribution in [2.24, 2.45) is 0 Å². The van der Waals surface area contributed by atoms with Crippen LogP contribution in [0.15, 0.2) is 18.2 Å². The van der Waals surface area contributed by atoms with E-state index in [1.165, 1.54) is 5.56 Å². The average molecular weight is 179 g/mol. The van der Waals surface area contributed by atoms with Gasteiger partial charge < -0.3 is 5.73 Å². The van der Waals surface area contributed by atoms with E-state index in [2.05, 4.69) is 0 Å². The number of aryl methyl sites for hydroxylation is 1. The molecular weight excluding hydrogens is 165 g/mol. The van der Waals surface area contributed by atoms with Crippen LogP contribution in [-0.2, 0) is 12.8 Å². The Kier molecular flexibility index (Phi) is 1.79. The van der Waals surface area contributed by atoms with Gasteiger partial charge in [-0.1, -0.05) is 6.07 Å². The number of hydrogen-bond donors (Lipinski definition) is 1. The van der Waals surface area contributed by atoms with E-state index in [1.807, 2.05) is 18.2 Å². The molecule has 0 amide bonds. The third-order valence-electron chi connectivity index (χ3n) is 2.70. The van der Waals surface area contributed by atoms with Gasteiger partial charge >= 0.3 is 0 Å². The molecule has 13 heavy (non-hydrogen) atoms. The Hall–Kier alpha value is -1.05. The zero-order chi connectivity index (χ0) is 9.47. The number of nitrogen functional groups attached to an aromatic ring is 1. The predicted molar refractivity (Wildman–Crippen MR) is 52.4 cm³/mol. The summed E-state index contributed by atoms with van der Waals surface area (Å²) in [4.78, 5) is 0. The molecule has 0 radical (unpaired) electrons. The summed E-state index contributed by atoms with van der Waals surface area (Å²) >= 11 is 0. The first-order valence-corrected chi connectivity index (χ1v) is 4.63. The Balaban J connectivity index is 2.37. The molecule has 1 aliphatic rings. The van der Waals surface area contributed by atoms with E-state index in [0.29, 0.717) is 12.8 Å². The lowest BCUT2D eigenvalue weighted by atomic mass is 9.83. The van der Waals surface area contributed by atoms with E-state index in [-0.39, 0.29) is 0 Å². The van der Waals surface area contributed by atoms with Crippen LogP contribution in [0.3, 0.4) is 0 Å². The third kappa shape index (κ3) is 1.67. The summed E-state index contributed by atoms with van der Waals surface area (Å²) in [5.41, 5.74) is 7.74. The fourth-order valence-electron chi connectivity index (χ4n) is 1.93. The fraction of sp³-hybridized carbons (Fsp3) is 0.455. The van der Waals surface area contributed by atoms with Gasteiger partial charge in [0.15, 0.2) is 0 Å². The second kappa shape index (κ2) is 2.72. The number of anilines is 1. The standard InChI is InChI=1S/C11H14FN/c1-11(12)5-4-8-6-10(13)3-2-9(8)7-11/h2-3,6H,4-5,7,13H2,1H3. The van der Waals surface area contributed by atoms with E-state index in [4.69, 9.17) is 5.73 Å². The molecule has 0 heterocycles. The number of benzene rings is 1. The Bertz CT molecular complexity index is 331. The smallest absolute Gasteiger partial charge is 0.112 e. The van der Waals surface area contributed by atoms with Gasteiger partial charge in [0.05, 0.1) is 0 Å². The lowest BCUT2D eigenvalue weighted by molar-refractivity contribution is 0.166. The monoisotopic (exact) mass is 179 g/mol. The molecule has 1 atom stereocenters. The number of fused-ring (bicyclic) bond motifs is 1. The van der Waals surface area contributed by atoms with E-state index in [9.17, 15) is 4.39 Å². The Labute approximate surface area is 77.8 Å². The average Bonchev–Trinajstić information content (AvgIpc) is 2.05. The van der Waals surface area contributed by atoms with E-state index in [0.717, 1.165) is 17.7 Å². The summed E-state index contributed by atoms with van der Waals surface area (Å²) in [6, 6.07) is 5.76. The first kappa shape index (κ1) is 8.54. The van der Waals surface area contributed by atoms with Crippen LogP contribution < -0.4 is 5.73 Å². The molecule has 0 aromatic heterocycles. The molecule has 2 N–H and O–H groups in total. The van der Waals surface area contributed by atoms with Crippen LogP contribution in [0.1, 0.15) is 24.5 Å². The number of nitrogens with two attached hydrogens (primary N) is 1. The second-order valence-electron chi connectivity index (χ2n) is 4.12. The van der Waals surface area contributed by atoms with Gasteiger partial charge in [-0.05, 0) is 43.0 Å². The predicted octanol–water partition coefficient (Wildman–Crippen LogP) is 2.49. The van der Waals surface area contributed by atoms with Crippen LogP contribution in [0.4, 0.5) is 10.1 Å². The van der Waals surface area contributed by atoms with Gasteiger partial charge in [-0.3, -0.25) is 0 Å². The van der Waals surface area contributed by atoms with Crippen molar-refractivity contribution in [1.29, 1.82) is 0 Å². The highest BCUT2D eigenvalue weighted by atomic mass is 19.1. The quantitative estimate of drug-likeness (QED) is 0.608. The van der Waals surface area contributed by atoms with Gasteiger partial charge in [0.25, 0.3) is 0 Å². The van der Waals surface area contributed by atoms with Crippen molar-refractivity contribution >= 4 is 5.69 Å². The van der Waals surface area contributed by atoms with Crippen molar-refractivity contribution in [1.82, 2.24) is 0 Å². The van der Waals surface area contributed by atoms with Crippen molar-refractivity contribution in [3.05, 3.63) is 29.3 Å². The fourth-order valence-corrected chi connectivity index (χ4v) is 1.93. The molecule has 1 aliphatic carbocycles. The molecule has 2 heteroatoms. The summed E-state index contributed by atoms with van der Waals surface area (Å²) in [6.45, 7) is 1.67. The maximum absolute atomic E-state index is 13.6. The first-order chi connectivity index (χ1) is 6.07. The van der Waals surface area contributed by atoms with Gasteiger partial charge in [0.1, 0.15) is 5.67 Å². The molecule has 70 valence electrons. The molecule has 1 aromatic carbocycles. The Morgan fingerprint density at radius 1 is 1.38 bits per heavy atom. The van der Waals surface area contributed by atoms with Crippen molar-refractivity contribution in [3.63, 3.8) is 0 Å². The van der Waals surface area contributed by atoms with E-state index >= 15 is 0 Å². The maximum Gasteiger partial charge on any atom is 0.112 e. The highest BCUT2D eigenvalue weighted by molar-refractivity contribution is 5.46. The zero-order valence-corrected chi connectivity index (χ0v) is 7.81. The first-order valence-electron chi connectivity index (χ1n) is 4.63. The molecule has 0 aliphatic heterocycles. The number of hydrogen-bond acceptors (Lipinski definition) is 1. The van der Waals surface area contributed by atoms with Gasteiger partial charge in [-0.2, -0.15) is 0 Å². The van der Waals surface area contributed by atoms with Crippen molar-refractivity contribution in [2.45, 2.75) is 31.9 Å². The molecule has 0 saturated carbocycles. The maximum atomic E-state index is 13.6. The highest BCUT2D eigenvalue weighted by Crippen LogP contribution is 2.32. The molecule has 1 nitrogen and oxygen atoms in total. The van der Waals surface area contributed by atoms with E-state index in [1.54, 1.807) is 6.92 Å². The number of alkyl halides is 1. The normalized spacial score (nSPS) is 26.9. The Morgan fingerprint density at radius 3 is 2.92 bits per heavy atom. The van der Waals surface area contributed by atoms with Crippen molar-refractivity contribution in [2.75, 3.05) is 5.73 Å². The van der Waals surface area contributed by atoms with E-state index < -0.39 is 5.67 Å². The SMILES string of the molecule is CC1(F)CCc2cc(N)ccc2C1. The van der Waals surface area contributed by atoms with Crippen LogP contribution >= 0.6 is 0 Å². The minimum absolute atomic E-state index is 0.530. The highest BCUT2D eigenvalue weighted by Gasteiger charge is 2.28. The second-order valence-corrected chi connectivity index (χ2v) is 4.12. The number of halogens is 1. The summed E-state index contributed by atoms with van der Waals surface area (Å²) in [7, 11) is 0. The molecule has 0 fully saturated rings. The Morgan fingerprint density at radius 2 is 2.15 bits per heavy atom. The molecule has 0 bridgehead atoms. The number of rotatable bonds is 0. The van der Waals surface area contributed by atoms with Gasteiger partial charge in [0.2, 0.25) is 0 Å². The zero-order valence-electron chi connectivity index (χ0n) is 7.81.